The summed E-state index contributed by atoms with van der Waals surface area (Å²) in [6.45, 7) is 0.669. The monoisotopic (exact) mass is 225 g/mol. The molecule has 1 heterocycles. The van der Waals surface area contributed by atoms with E-state index in [-0.39, 0.29) is 0 Å². The lowest BCUT2D eigenvalue weighted by Crippen LogP contribution is -2.42. The van der Waals surface area contributed by atoms with Crippen molar-refractivity contribution >= 4 is 0 Å². The van der Waals surface area contributed by atoms with E-state index >= 15 is 0 Å². The summed E-state index contributed by atoms with van der Waals surface area (Å²) in [6.07, 6.45) is 0.814. The largest absolute Gasteiger partial charge is 0.493 e. The summed E-state index contributed by atoms with van der Waals surface area (Å²) >= 11 is 0. The number of nitrogens with two attached hydrogens (primary N) is 1. The van der Waals surface area contributed by atoms with Gasteiger partial charge in [0.25, 0.3) is 0 Å². The van der Waals surface area contributed by atoms with Crippen LogP contribution in [0.15, 0.2) is 54.6 Å². The highest BCUT2D eigenvalue weighted by atomic mass is 16.5. The summed E-state index contributed by atoms with van der Waals surface area (Å²) in [5, 5.41) is 0. The molecule has 0 aliphatic carbocycles. The summed E-state index contributed by atoms with van der Waals surface area (Å²) in [5.74, 6) is 0.908. The Morgan fingerprint density at radius 2 is 1.65 bits per heavy atom. The van der Waals surface area contributed by atoms with Crippen LogP contribution < -0.4 is 10.5 Å². The van der Waals surface area contributed by atoms with E-state index in [1.165, 1.54) is 0 Å². The summed E-state index contributed by atoms with van der Waals surface area (Å²) < 4.78 is 5.66. The first-order valence-electron chi connectivity index (χ1n) is 5.87. The first-order chi connectivity index (χ1) is 8.31. The smallest absolute Gasteiger partial charge is 0.124 e. The van der Waals surface area contributed by atoms with Crippen LogP contribution in [0.2, 0.25) is 0 Å². The van der Waals surface area contributed by atoms with Crippen LogP contribution in [0.25, 0.3) is 0 Å². The van der Waals surface area contributed by atoms with Gasteiger partial charge in [-0.1, -0.05) is 48.5 Å². The van der Waals surface area contributed by atoms with E-state index < -0.39 is 5.54 Å². The zero-order chi connectivity index (χ0) is 11.7. The Kier molecular flexibility index (Phi) is 2.37. The number of fused-ring (bicyclic) bond motifs is 1. The third-order valence-corrected chi connectivity index (χ3v) is 3.41. The third kappa shape index (κ3) is 1.61. The molecule has 1 atom stereocenters. The number of rotatable bonds is 1. The molecule has 86 valence electrons. The van der Waals surface area contributed by atoms with Crippen molar-refractivity contribution in [2.75, 3.05) is 6.61 Å². The molecule has 17 heavy (non-hydrogen) atoms. The number of hydrogen-bond acceptors (Lipinski definition) is 2. The molecule has 0 fully saturated rings. The van der Waals surface area contributed by atoms with Crippen molar-refractivity contribution in [3.05, 3.63) is 65.7 Å². The van der Waals surface area contributed by atoms with Crippen molar-refractivity contribution in [3.8, 4) is 5.75 Å². The second kappa shape index (κ2) is 3.90. The Labute approximate surface area is 101 Å². The van der Waals surface area contributed by atoms with Gasteiger partial charge in [-0.05, 0) is 11.6 Å². The Balaban J connectivity index is 2.16. The van der Waals surface area contributed by atoms with Gasteiger partial charge in [-0.15, -0.1) is 0 Å². The predicted molar refractivity (Wildman–Crippen MR) is 68.0 cm³/mol. The van der Waals surface area contributed by atoms with Gasteiger partial charge in [0.1, 0.15) is 5.75 Å². The van der Waals surface area contributed by atoms with E-state index in [0.29, 0.717) is 6.61 Å². The van der Waals surface area contributed by atoms with Crippen LogP contribution in [0.4, 0.5) is 0 Å². The number of hydrogen-bond donors (Lipinski definition) is 1. The molecule has 1 aliphatic rings. The van der Waals surface area contributed by atoms with Gasteiger partial charge in [0.05, 0.1) is 12.1 Å². The highest BCUT2D eigenvalue weighted by Crippen LogP contribution is 2.39. The van der Waals surface area contributed by atoms with Crippen molar-refractivity contribution in [1.82, 2.24) is 0 Å². The number of para-hydroxylation sites is 1. The maximum Gasteiger partial charge on any atom is 0.124 e. The minimum atomic E-state index is -0.421. The molecule has 1 aliphatic heterocycles. The lowest BCUT2D eigenvalue weighted by molar-refractivity contribution is 0.238. The lowest BCUT2D eigenvalue weighted by atomic mass is 9.79. The Hall–Kier alpha value is -1.80. The Morgan fingerprint density at radius 3 is 2.47 bits per heavy atom. The number of benzene rings is 2. The molecule has 1 unspecified atom stereocenters. The van der Waals surface area contributed by atoms with E-state index in [4.69, 9.17) is 10.5 Å². The van der Waals surface area contributed by atoms with Crippen LogP contribution in [-0.2, 0) is 5.54 Å². The summed E-state index contributed by atoms with van der Waals surface area (Å²) in [5.41, 5.74) is 8.42. The first-order valence-corrected chi connectivity index (χ1v) is 5.87. The molecule has 2 nitrogen and oxygen atoms in total. The van der Waals surface area contributed by atoms with Gasteiger partial charge in [-0.2, -0.15) is 0 Å². The van der Waals surface area contributed by atoms with E-state index in [1.54, 1.807) is 0 Å². The van der Waals surface area contributed by atoms with Gasteiger partial charge in [0.2, 0.25) is 0 Å². The molecule has 2 heteroatoms. The highest BCUT2D eigenvalue weighted by molar-refractivity contribution is 5.47. The van der Waals surface area contributed by atoms with E-state index in [2.05, 4.69) is 18.2 Å². The fraction of sp³-hybridized carbons (Fsp3) is 0.200. The fourth-order valence-electron chi connectivity index (χ4n) is 2.45. The van der Waals surface area contributed by atoms with Crippen LogP contribution >= 0.6 is 0 Å². The summed E-state index contributed by atoms with van der Waals surface area (Å²) in [7, 11) is 0. The SMILES string of the molecule is NC1(c2ccccc2)CCOc2ccccc21. The molecule has 0 saturated heterocycles. The number of ether oxygens (including phenoxy) is 1. The first kappa shape index (κ1) is 10.4. The molecular formula is C15H15NO. The minimum absolute atomic E-state index is 0.421. The average molecular weight is 225 g/mol. The molecule has 0 radical (unpaired) electrons. The molecular weight excluding hydrogens is 210 g/mol. The maximum absolute atomic E-state index is 6.61. The van der Waals surface area contributed by atoms with Crippen molar-refractivity contribution in [1.29, 1.82) is 0 Å². The van der Waals surface area contributed by atoms with Gasteiger partial charge in [-0.3, -0.25) is 0 Å². The van der Waals surface area contributed by atoms with Gasteiger partial charge < -0.3 is 10.5 Å². The Morgan fingerprint density at radius 1 is 0.941 bits per heavy atom. The maximum atomic E-state index is 6.61. The summed E-state index contributed by atoms with van der Waals surface area (Å²) in [4.78, 5) is 0. The van der Waals surface area contributed by atoms with Crippen molar-refractivity contribution in [3.63, 3.8) is 0 Å². The topological polar surface area (TPSA) is 35.2 Å². The molecule has 0 aromatic heterocycles. The van der Waals surface area contributed by atoms with Gasteiger partial charge >= 0.3 is 0 Å². The molecule has 2 N–H and O–H groups in total. The Bertz CT molecular complexity index is 523. The highest BCUT2D eigenvalue weighted by Gasteiger charge is 2.35. The summed E-state index contributed by atoms with van der Waals surface area (Å²) in [6, 6.07) is 18.3. The second-order valence-electron chi connectivity index (χ2n) is 4.43. The molecule has 2 aromatic carbocycles. The molecule has 0 amide bonds. The zero-order valence-electron chi connectivity index (χ0n) is 9.60. The van der Waals surface area contributed by atoms with Crippen LogP contribution in [0.1, 0.15) is 17.5 Å². The van der Waals surface area contributed by atoms with Gasteiger partial charge in [0, 0.05) is 12.0 Å². The molecule has 2 aromatic rings. The lowest BCUT2D eigenvalue weighted by Gasteiger charge is -2.36. The van der Waals surface area contributed by atoms with E-state index in [9.17, 15) is 0 Å². The van der Waals surface area contributed by atoms with Crippen LogP contribution in [0.3, 0.4) is 0 Å². The van der Waals surface area contributed by atoms with Crippen molar-refractivity contribution in [2.45, 2.75) is 12.0 Å². The molecule has 3 rings (SSSR count). The van der Waals surface area contributed by atoms with Gasteiger partial charge in [0.15, 0.2) is 0 Å². The second-order valence-corrected chi connectivity index (χ2v) is 4.43. The minimum Gasteiger partial charge on any atom is -0.493 e. The molecule has 0 saturated carbocycles. The molecule has 0 bridgehead atoms. The molecule has 0 spiro atoms. The standard InChI is InChI=1S/C15H15NO/c16-15(12-6-2-1-3-7-12)10-11-17-14-9-5-4-8-13(14)15/h1-9H,10-11,16H2. The fourth-order valence-corrected chi connectivity index (χ4v) is 2.45. The van der Waals surface area contributed by atoms with Crippen LogP contribution in [0.5, 0.6) is 5.75 Å². The zero-order valence-corrected chi connectivity index (χ0v) is 9.60. The van der Waals surface area contributed by atoms with Crippen LogP contribution in [0, 0.1) is 0 Å². The normalized spacial score (nSPS) is 22.6. The van der Waals surface area contributed by atoms with Gasteiger partial charge in [-0.25, -0.2) is 0 Å². The van der Waals surface area contributed by atoms with Crippen molar-refractivity contribution < 1.29 is 4.74 Å². The quantitative estimate of drug-likeness (QED) is 0.809. The van der Waals surface area contributed by atoms with Crippen LogP contribution in [-0.4, -0.2) is 6.61 Å². The third-order valence-electron chi connectivity index (χ3n) is 3.41. The average Bonchev–Trinajstić information content (AvgIpc) is 2.40. The van der Waals surface area contributed by atoms with E-state index in [1.807, 2.05) is 36.4 Å². The van der Waals surface area contributed by atoms with E-state index in [0.717, 1.165) is 23.3 Å². The predicted octanol–water partition coefficient (Wildman–Crippen LogP) is 2.67. The van der Waals surface area contributed by atoms with Crippen molar-refractivity contribution in [2.24, 2.45) is 5.73 Å².